The van der Waals surface area contributed by atoms with E-state index in [-0.39, 0.29) is 0 Å². The van der Waals surface area contributed by atoms with Crippen molar-refractivity contribution in [3.8, 4) is 0 Å². The van der Waals surface area contributed by atoms with Crippen molar-refractivity contribution in [1.29, 1.82) is 0 Å². The second-order valence-corrected chi connectivity index (χ2v) is 3.52. The molecule has 0 rings (SSSR count). The van der Waals surface area contributed by atoms with E-state index in [0.29, 0.717) is 5.41 Å². The molecular formula is C13H34. The molecule has 0 unspecified atom stereocenters. The molecule has 0 heterocycles. The average Bonchev–Trinajstić information content (AvgIpc) is 2.13. The summed E-state index contributed by atoms with van der Waals surface area (Å²) >= 11 is 0. The zero-order valence-corrected chi connectivity index (χ0v) is 12.1. The van der Waals surface area contributed by atoms with Gasteiger partial charge in [-0.2, -0.15) is 0 Å². The monoisotopic (exact) mass is 190 g/mol. The molecule has 0 N–H and O–H groups in total. The fourth-order valence-corrected chi connectivity index (χ4v) is 0. The Bertz CT molecular complexity index is 45.5. The summed E-state index contributed by atoms with van der Waals surface area (Å²) in [5.74, 6) is 0.799. The van der Waals surface area contributed by atoms with Crippen LogP contribution in [0.2, 0.25) is 0 Å². The van der Waals surface area contributed by atoms with Gasteiger partial charge in [-0.15, -0.1) is 0 Å². The molecule has 0 aliphatic carbocycles. The van der Waals surface area contributed by atoms with Crippen molar-refractivity contribution in [2.24, 2.45) is 11.3 Å². The molecule has 0 radical (unpaired) electrons. The molecule has 0 heteroatoms. The third-order valence-electron chi connectivity index (χ3n) is 1.73. The SMILES string of the molecule is CC.CC.CC.CC(C)C(C)(C)C. The summed E-state index contributed by atoms with van der Waals surface area (Å²) in [6, 6.07) is 0. The molecule has 0 bridgehead atoms. The minimum Gasteiger partial charge on any atom is -0.0683 e. The summed E-state index contributed by atoms with van der Waals surface area (Å²) < 4.78 is 0. The Balaban J connectivity index is -0.0000000573. The Labute approximate surface area is 88.1 Å². The van der Waals surface area contributed by atoms with Gasteiger partial charge in [0.05, 0.1) is 0 Å². The molecule has 86 valence electrons. The van der Waals surface area contributed by atoms with Gasteiger partial charge in [-0.1, -0.05) is 76.2 Å². The van der Waals surface area contributed by atoms with Crippen LogP contribution in [0.25, 0.3) is 0 Å². The summed E-state index contributed by atoms with van der Waals surface area (Å²) in [5, 5.41) is 0. The first-order valence-electron chi connectivity index (χ1n) is 5.94. The second-order valence-electron chi connectivity index (χ2n) is 3.52. The molecule has 0 aliphatic heterocycles. The van der Waals surface area contributed by atoms with Gasteiger partial charge in [0, 0.05) is 0 Å². The van der Waals surface area contributed by atoms with E-state index in [0.717, 1.165) is 5.92 Å². The van der Waals surface area contributed by atoms with Crippen LogP contribution in [-0.4, -0.2) is 0 Å². The first kappa shape index (κ1) is 23.1. The zero-order chi connectivity index (χ0) is 12.1. The highest BCUT2D eigenvalue weighted by Crippen LogP contribution is 2.23. The molecular weight excluding hydrogens is 156 g/mol. The van der Waals surface area contributed by atoms with Gasteiger partial charge in [0.1, 0.15) is 0 Å². The molecule has 0 spiro atoms. The highest BCUT2D eigenvalue weighted by atomic mass is 14.2. The molecule has 0 saturated carbocycles. The summed E-state index contributed by atoms with van der Waals surface area (Å²) in [6.07, 6.45) is 0. The van der Waals surface area contributed by atoms with Gasteiger partial charge >= 0.3 is 0 Å². The van der Waals surface area contributed by atoms with Gasteiger partial charge in [-0.3, -0.25) is 0 Å². The van der Waals surface area contributed by atoms with E-state index in [1.54, 1.807) is 0 Å². The van der Waals surface area contributed by atoms with Crippen molar-refractivity contribution in [2.75, 3.05) is 0 Å². The average molecular weight is 190 g/mol. The quantitative estimate of drug-likeness (QED) is 0.455. The minimum absolute atomic E-state index is 0.500. The molecule has 0 aromatic heterocycles. The largest absolute Gasteiger partial charge is 0.0683 e. The molecule has 0 amide bonds. The van der Waals surface area contributed by atoms with E-state index in [1.165, 1.54) is 0 Å². The minimum atomic E-state index is 0.500. The van der Waals surface area contributed by atoms with E-state index in [1.807, 2.05) is 41.5 Å². The predicted molar refractivity (Wildman–Crippen MR) is 68.3 cm³/mol. The lowest BCUT2D eigenvalue weighted by Gasteiger charge is -2.22. The molecule has 0 atom stereocenters. The van der Waals surface area contributed by atoms with Crippen LogP contribution in [0, 0.1) is 11.3 Å². The number of hydrogen-bond donors (Lipinski definition) is 0. The van der Waals surface area contributed by atoms with Crippen LogP contribution in [0.3, 0.4) is 0 Å². The molecule has 0 nitrogen and oxygen atoms in total. The smallest absolute Gasteiger partial charge is 0.0360 e. The Kier molecular flexibility index (Phi) is 31.9. The Morgan fingerprint density at radius 3 is 0.692 bits per heavy atom. The Morgan fingerprint density at radius 1 is 0.615 bits per heavy atom. The van der Waals surface area contributed by atoms with Gasteiger partial charge in [0.25, 0.3) is 0 Å². The van der Waals surface area contributed by atoms with Crippen LogP contribution in [0.4, 0.5) is 0 Å². The van der Waals surface area contributed by atoms with Crippen LogP contribution in [0.5, 0.6) is 0 Å². The van der Waals surface area contributed by atoms with Crippen LogP contribution >= 0.6 is 0 Å². The van der Waals surface area contributed by atoms with Crippen molar-refractivity contribution >= 4 is 0 Å². The lowest BCUT2D eigenvalue weighted by atomic mass is 9.84. The van der Waals surface area contributed by atoms with E-state index in [2.05, 4.69) is 34.6 Å². The van der Waals surface area contributed by atoms with E-state index in [9.17, 15) is 0 Å². The lowest BCUT2D eigenvalue weighted by Crippen LogP contribution is -2.12. The summed E-state index contributed by atoms with van der Waals surface area (Å²) in [5.41, 5.74) is 0.500. The third kappa shape index (κ3) is 33.3. The molecule has 0 saturated heterocycles. The van der Waals surface area contributed by atoms with Crippen molar-refractivity contribution in [3.05, 3.63) is 0 Å². The van der Waals surface area contributed by atoms with Crippen molar-refractivity contribution in [3.63, 3.8) is 0 Å². The fourth-order valence-electron chi connectivity index (χ4n) is 0. The second kappa shape index (κ2) is 17.9. The predicted octanol–water partition coefficient (Wildman–Crippen LogP) is 5.77. The number of hydrogen-bond acceptors (Lipinski definition) is 0. The Morgan fingerprint density at radius 2 is 0.692 bits per heavy atom. The fraction of sp³-hybridized carbons (Fsp3) is 1.00. The summed E-state index contributed by atoms with van der Waals surface area (Å²) in [6.45, 7) is 23.3. The first-order chi connectivity index (χ1) is 5.94. The lowest BCUT2D eigenvalue weighted by molar-refractivity contribution is 0.283. The molecule has 0 aromatic rings. The highest BCUT2D eigenvalue weighted by Gasteiger charge is 2.13. The Hall–Kier alpha value is 0. The maximum Gasteiger partial charge on any atom is -0.0360 e. The maximum atomic E-state index is 2.26. The normalized spacial score (nSPS) is 8.31. The van der Waals surface area contributed by atoms with Crippen LogP contribution < -0.4 is 0 Å². The van der Waals surface area contributed by atoms with Gasteiger partial charge < -0.3 is 0 Å². The van der Waals surface area contributed by atoms with E-state index >= 15 is 0 Å². The highest BCUT2D eigenvalue weighted by molar-refractivity contribution is 4.64. The van der Waals surface area contributed by atoms with Crippen molar-refractivity contribution in [1.82, 2.24) is 0 Å². The van der Waals surface area contributed by atoms with Crippen molar-refractivity contribution < 1.29 is 0 Å². The van der Waals surface area contributed by atoms with Gasteiger partial charge in [0.15, 0.2) is 0 Å². The first-order valence-corrected chi connectivity index (χ1v) is 5.94. The van der Waals surface area contributed by atoms with E-state index in [4.69, 9.17) is 0 Å². The van der Waals surface area contributed by atoms with Gasteiger partial charge in [-0.25, -0.2) is 0 Å². The summed E-state index contributed by atoms with van der Waals surface area (Å²) in [4.78, 5) is 0. The third-order valence-corrected chi connectivity index (χ3v) is 1.73. The number of rotatable bonds is 0. The molecule has 13 heavy (non-hydrogen) atoms. The molecule has 0 aliphatic rings. The van der Waals surface area contributed by atoms with Crippen LogP contribution in [-0.2, 0) is 0 Å². The maximum absolute atomic E-state index is 2.26. The zero-order valence-electron chi connectivity index (χ0n) is 12.1. The molecule has 0 fully saturated rings. The molecule has 0 aromatic carbocycles. The van der Waals surface area contributed by atoms with Gasteiger partial charge in [-0.05, 0) is 11.3 Å². The van der Waals surface area contributed by atoms with Gasteiger partial charge in [0.2, 0.25) is 0 Å². The van der Waals surface area contributed by atoms with Crippen LogP contribution in [0.15, 0.2) is 0 Å². The van der Waals surface area contributed by atoms with Crippen molar-refractivity contribution in [2.45, 2.75) is 76.2 Å². The summed E-state index contributed by atoms with van der Waals surface area (Å²) in [7, 11) is 0. The topological polar surface area (TPSA) is 0 Å². The van der Waals surface area contributed by atoms with E-state index < -0.39 is 0 Å². The van der Waals surface area contributed by atoms with Crippen LogP contribution in [0.1, 0.15) is 76.2 Å². The standard InChI is InChI=1S/C7H16.3C2H6/c1-6(2)7(3,4)5;3*1-2/h6H,1-5H3;3*1-2H3.